The predicted molar refractivity (Wildman–Crippen MR) is 52.4 cm³/mol. The number of hydrogen-bond acceptors (Lipinski definition) is 2. The van der Waals surface area contributed by atoms with Crippen LogP contribution in [0.15, 0.2) is 24.3 Å². The van der Waals surface area contributed by atoms with Gasteiger partial charge in [0.15, 0.2) is 0 Å². The van der Waals surface area contributed by atoms with Crippen molar-refractivity contribution in [3.63, 3.8) is 0 Å². The molecule has 0 atom stereocenters. The third-order valence-electron chi connectivity index (χ3n) is 2.19. The van der Waals surface area contributed by atoms with E-state index in [0.717, 1.165) is 5.56 Å². The van der Waals surface area contributed by atoms with Gasteiger partial charge in [0.1, 0.15) is 0 Å². The molecule has 1 aliphatic carbocycles. The van der Waals surface area contributed by atoms with Crippen LogP contribution in [0.4, 0.5) is 5.69 Å². The van der Waals surface area contributed by atoms with E-state index in [-0.39, 0.29) is 0 Å². The summed E-state index contributed by atoms with van der Waals surface area (Å²) in [7, 11) is 0. The van der Waals surface area contributed by atoms with E-state index in [1.165, 1.54) is 18.5 Å². The van der Waals surface area contributed by atoms with E-state index in [1.807, 2.05) is 24.3 Å². The van der Waals surface area contributed by atoms with Gasteiger partial charge < -0.3 is 5.32 Å². The summed E-state index contributed by atoms with van der Waals surface area (Å²) >= 11 is 0. The second-order valence-corrected chi connectivity index (χ2v) is 3.45. The highest BCUT2D eigenvalue weighted by atomic mass is 14.9. The van der Waals surface area contributed by atoms with Crippen LogP contribution in [0, 0.1) is 11.3 Å². The van der Waals surface area contributed by atoms with Gasteiger partial charge in [-0.1, -0.05) is 12.1 Å². The summed E-state index contributed by atoms with van der Waals surface area (Å²) in [5.74, 6) is 0. The van der Waals surface area contributed by atoms with Gasteiger partial charge in [-0.05, 0) is 30.5 Å². The second-order valence-electron chi connectivity index (χ2n) is 3.45. The fraction of sp³-hybridized carbons (Fsp3) is 0.364. The van der Waals surface area contributed by atoms with Crippen molar-refractivity contribution >= 4 is 5.69 Å². The second kappa shape index (κ2) is 3.49. The Labute approximate surface area is 78.2 Å². The molecule has 1 N–H and O–H groups in total. The first-order chi connectivity index (χ1) is 6.38. The van der Waals surface area contributed by atoms with Crippen molar-refractivity contribution in [1.82, 2.24) is 0 Å². The van der Waals surface area contributed by atoms with Crippen molar-refractivity contribution in [2.45, 2.75) is 25.3 Å². The van der Waals surface area contributed by atoms with Crippen LogP contribution in [0.25, 0.3) is 0 Å². The van der Waals surface area contributed by atoms with Gasteiger partial charge in [0.2, 0.25) is 0 Å². The monoisotopic (exact) mass is 172 g/mol. The Hall–Kier alpha value is -1.49. The summed E-state index contributed by atoms with van der Waals surface area (Å²) < 4.78 is 0. The summed E-state index contributed by atoms with van der Waals surface area (Å²) in [5.41, 5.74) is 2.26. The fourth-order valence-electron chi connectivity index (χ4n) is 1.27. The highest BCUT2D eigenvalue weighted by molar-refractivity contribution is 5.46. The van der Waals surface area contributed by atoms with Crippen LogP contribution >= 0.6 is 0 Å². The first-order valence-electron chi connectivity index (χ1n) is 4.61. The molecule has 2 nitrogen and oxygen atoms in total. The summed E-state index contributed by atoms with van der Waals surface area (Å²) in [6.45, 7) is 0. The van der Waals surface area contributed by atoms with Crippen LogP contribution in [0.1, 0.15) is 18.4 Å². The molecule has 66 valence electrons. The first-order valence-corrected chi connectivity index (χ1v) is 4.61. The highest BCUT2D eigenvalue weighted by Gasteiger charge is 2.20. The van der Waals surface area contributed by atoms with Gasteiger partial charge in [-0.25, -0.2) is 0 Å². The van der Waals surface area contributed by atoms with Crippen LogP contribution in [0.5, 0.6) is 0 Å². The number of nitrogens with one attached hydrogen (secondary N) is 1. The average molecular weight is 172 g/mol. The van der Waals surface area contributed by atoms with E-state index in [2.05, 4.69) is 11.4 Å². The van der Waals surface area contributed by atoms with Gasteiger partial charge in [-0.3, -0.25) is 0 Å². The quantitative estimate of drug-likeness (QED) is 0.759. The maximum Gasteiger partial charge on any atom is 0.0669 e. The number of rotatable bonds is 3. The molecule has 0 amide bonds. The van der Waals surface area contributed by atoms with Crippen molar-refractivity contribution in [1.29, 1.82) is 5.26 Å². The minimum atomic E-state index is 0.504. The van der Waals surface area contributed by atoms with Crippen LogP contribution in [-0.4, -0.2) is 6.04 Å². The molecule has 2 heteroatoms. The molecule has 13 heavy (non-hydrogen) atoms. The Kier molecular flexibility index (Phi) is 2.18. The number of nitriles is 1. The lowest BCUT2D eigenvalue weighted by molar-refractivity contribution is 1.15. The SMILES string of the molecule is N#CCc1ccc(NC2CC2)cc1. The van der Waals surface area contributed by atoms with Gasteiger partial charge in [0.05, 0.1) is 12.5 Å². The van der Waals surface area contributed by atoms with Crippen molar-refractivity contribution in [3.8, 4) is 6.07 Å². The van der Waals surface area contributed by atoms with E-state index in [1.54, 1.807) is 0 Å². The Bertz CT molecular complexity index is 317. The van der Waals surface area contributed by atoms with Crippen LogP contribution < -0.4 is 5.32 Å². The standard InChI is InChI=1S/C11H12N2/c12-8-7-9-1-3-10(4-2-9)13-11-5-6-11/h1-4,11,13H,5-7H2. The zero-order valence-corrected chi connectivity index (χ0v) is 7.46. The topological polar surface area (TPSA) is 35.8 Å². The molecule has 0 spiro atoms. The molecule has 1 aromatic carbocycles. The number of anilines is 1. The lowest BCUT2D eigenvalue weighted by Crippen LogP contribution is -2.00. The smallest absolute Gasteiger partial charge is 0.0669 e. The van der Waals surface area contributed by atoms with E-state index < -0.39 is 0 Å². The molecule has 0 saturated heterocycles. The predicted octanol–water partition coefficient (Wildman–Crippen LogP) is 2.33. The van der Waals surface area contributed by atoms with Crippen LogP contribution in [0.2, 0.25) is 0 Å². The maximum absolute atomic E-state index is 8.48. The van der Waals surface area contributed by atoms with Gasteiger partial charge in [-0.2, -0.15) is 5.26 Å². The lowest BCUT2D eigenvalue weighted by Gasteiger charge is -2.03. The van der Waals surface area contributed by atoms with Crippen molar-refractivity contribution in [3.05, 3.63) is 29.8 Å². The largest absolute Gasteiger partial charge is 0.382 e. The molecule has 1 aromatic rings. The van der Waals surface area contributed by atoms with Gasteiger partial charge in [0, 0.05) is 11.7 Å². The average Bonchev–Trinajstić information content (AvgIpc) is 2.93. The third-order valence-corrected chi connectivity index (χ3v) is 2.19. The molecule has 1 saturated carbocycles. The van der Waals surface area contributed by atoms with E-state index in [0.29, 0.717) is 12.5 Å². The molecular formula is C11H12N2. The molecule has 0 bridgehead atoms. The molecule has 1 fully saturated rings. The summed E-state index contributed by atoms with van der Waals surface area (Å²) in [6, 6.07) is 10.9. The molecule has 0 unspecified atom stereocenters. The van der Waals surface area contributed by atoms with Crippen molar-refractivity contribution in [2.75, 3.05) is 5.32 Å². The Morgan fingerprint density at radius 3 is 2.54 bits per heavy atom. The van der Waals surface area contributed by atoms with E-state index >= 15 is 0 Å². The van der Waals surface area contributed by atoms with Gasteiger partial charge >= 0.3 is 0 Å². The Balaban J connectivity index is 2.00. The van der Waals surface area contributed by atoms with Gasteiger partial charge in [0.25, 0.3) is 0 Å². The van der Waals surface area contributed by atoms with Gasteiger partial charge in [-0.15, -0.1) is 0 Å². The molecular weight excluding hydrogens is 160 g/mol. The highest BCUT2D eigenvalue weighted by Crippen LogP contribution is 2.24. The summed E-state index contributed by atoms with van der Waals surface area (Å²) in [6.07, 6.45) is 3.09. The minimum Gasteiger partial charge on any atom is -0.382 e. The van der Waals surface area contributed by atoms with Crippen LogP contribution in [-0.2, 0) is 6.42 Å². The van der Waals surface area contributed by atoms with E-state index in [9.17, 15) is 0 Å². The molecule has 0 heterocycles. The van der Waals surface area contributed by atoms with Crippen LogP contribution in [0.3, 0.4) is 0 Å². The molecule has 0 aliphatic heterocycles. The Morgan fingerprint density at radius 1 is 1.31 bits per heavy atom. The lowest BCUT2D eigenvalue weighted by atomic mass is 10.1. The minimum absolute atomic E-state index is 0.504. The van der Waals surface area contributed by atoms with Crippen molar-refractivity contribution < 1.29 is 0 Å². The third kappa shape index (κ3) is 2.22. The maximum atomic E-state index is 8.48. The summed E-state index contributed by atoms with van der Waals surface area (Å²) in [4.78, 5) is 0. The number of nitrogens with zero attached hydrogens (tertiary/aromatic N) is 1. The molecule has 0 radical (unpaired) electrons. The fourth-order valence-corrected chi connectivity index (χ4v) is 1.27. The first kappa shape index (κ1) is 8.12. The molecule has 0 aromatic heterocycles. The van der Waals surface area contributed by atoms with Crippen molar-refractivity contribution in [2.24, 2.45) is 0 Å². The molecule has 2 rings (SSSR count). The van der Waals surface area contributed by atoms with E-state index in [4.69, 9.17) is 5.26 Å². The zero-order valence-electron chi connectivity index (χ0n) is 7.46. The summed E-state index contributed by atoms with van der Waals surface area (Å²) in [5, 5.41) is 11.9. The Morgan fingerprint density at radius 2 is 2.00 bits per heavy atom. The normalized spacial score (nSPS) is 15.0. The number of benzene rings is 1. The molecule has 1 aliphatic rings. The number of hydrogen-bond donors (Lipinski definition) is 1. The zero-order chi connectivity index (χ0) is 9.10.